The number of nitrogens with zero attached hydrogens (tertiary/aromatic N) is 1. The van der Waals surface area contributed by atoms with Crippen molar-refractivity contribution < 1.29 is 9.53 Å². The van der Waals surface area contributed by atoms with Gasteiger partial charge in [-0.1, -0.05) is 6.07 Å². The van der Waals surface area contributed by atoms with Crippen LogP contribution in [0.2, 0.25) is 0 Å². The molecule has 0 atom stereocenters. The lowest BCUT2D eigenvalue weighted by Gasteiger charge is -2.16. The van der Waals surface area contributed by atoms with Crippen LogP contribution in [0.4, 0.5) is 0 Å². The topological polar surface area (TPSA) is 29.5 Å². The van der Waals surface area contributed by atoms with E-state index in [1.807, 2.05) is 31.3 Å². The molecule has 0 aliphatic carbocycles. The summed E-state index contributed by atoms with van der Waals surface area (Å²) in [5, 5.41) is 0. The summed E-state index contributed by atoms with van der Waals surface area (Å²) in [6.45, 7) is 1.40. The second-order valence-electron chi connectivity index (χ2n) is 3.58. The first-order chi connectivity index (χ1) is 7.65. The molecular formula is C12H16INO2. The summed E-state index contributed by atoms with van der Waals surface area (Å²) in [5.74, 6) is 0.0645. The zero-order valence-corrected chi connectivity index (χ0v) is 11.7. The molecule has 1 aromatic carbocycles. The number of hydrogen-bond donors (Lipinski definition) is 0. The van der Waals surface area contributed by atoms with Crippen LogP contribution in [0.1, 0.15) is 16.8 Å². The van der Waals surface area contributed by atoms with E-state index < -0.39 is 0 Å². The van der Waals surface area contributed by atoms with Gasteiger partial charge in [0.25, 0.3) is 5.91 Å². The smallest absolute Gasteiger partial charge is 0.253 e. The number of carbonyl (C=O) groups excluding carboxylic acids is 1. The van der Waals surface area contributed by atoms with Gasteiger partial charge in [-0.05, 0) is 47.2 Å². The second kappa shape index (κ2) is 6.85. The van der Waals surface area contributed by atoms with Crippen molar-refractivity contribution in [2.24, 2.45) is 0 Å². The number of carbonyl (C=O) groups is 1. The Morgan fingerprint density at radius 3 is 2.88 bits per heavy atom. The first-order valence-electron chi connectivity index (χ1n) is 5.15. The molecule has 16 heavy (non-hydrogen) atoms. The van der Waals surface area contributed by atoms with Gasteiger partial charge in [0.05, 0.1) is 0 Å². The minimum absolute atomic E-state index is 0.0645. The summed E-state index contributed by atoms with van der Waals surface area (Å²) < 4.78 is 6.04. The fraction of sp³-hybridized carbons (Fsp3) is 0.417. The minimum atomic E-state index is 0.0645. The normalized spacial score (nSPS) is 10.2. The van der Waals surface area contributed by atoms with Gasteiger partial charge >= 0.3 is 0 Å². The second-order valence-corrected chi connectivity index (χ2v) is 4.83. The summed E-state index contributed by atoms with van der Waals surface area (Å²) in [5.41, 5.74) is 0.742. The van der Waals surface area contributed by atoms with E-state index in [0.717, 1.165) is 22.1 Å². The molecule has 0 aromatic heterocycles. The Kier molecular flexibility index (Phi) is 5.76. The van der Waals surface area contributed by atoms with Gasteiger partial charge in [-0.25, -0.2) is 0 Å². The van der Waals surface area contributed by atoms with Gasteiger partial charge in [-0.2, -0.15) is 0 Å². The van der Waals surface area contributed by atoms with Crippen molar-refractivity contribution in [2.45, 2.75) is 6.42 Å². The molecule has 0 aliphatic rings. The maximum atomic E-state index is 12.0. The first-order valence-corrected chi connectivity index (χ1v) is 6.23. The standard InChI is InChI=1S/C12H16INO2/c1-14(7-4-8-16-2)12(15)10-5-3-6-11(13)9-10/h3,5-6,9H,4,7-8H2,1-2H3. The zero-order chi connectivity index (χ0) is 12.0. The molecule has 88 valence electrons. The Balaban J connectivity index is 2.56. The van der Waals surface area contributed by atoms with Crippen molar-refractivity contribution in [1.29, 1.82) is 0 Å². The average molecular weight is 333 g/mol. The fourth-order valence-electron chi connectivity index (χ4n) is 1.39. The van der Waals surface area contributed by atoms with Gasteiger partial charge in [0, 0.05) is 36.4 Å². The Bertz CT molecular complexity index is 355. The van der Waals surface area contributed by atoms with Crippen molar-refractivity contribution in [3.8, 4) is 0 Å². The van der Waals surface area contributed by atoms with Gasteiger partial charge in [-0.15, -0.1) is 0 Å². The molecule has 4 heteroatoms. The number of rotatable bonds is 5. The summed E-state index contributed by atoms with van der Waals surface area (Å²) in [7, 11) is 3.49. The highest BCUT2D eigenvalue weighted by Crippen LogP contribution is 2.09. The summed E-state index contributed by atoms with van der Waals surface area (Å²) in [6, 6.07) is 7.62. The molecule has 0 N–H and O–H groups in total. The summed E-state index contributed by atoms with van der Waals surface area (Å²) in [6.07, 6.45) is 0.864. The molecule has 1 aromatic rings. The van der Waals surface area contributed by atoms with E-state index in [2.05, 4.69) is 22.6 Å². The molecule has 0 saturated carbocycles. The minimum Gasteiger partial charge on any atom is -0.385 e. The Hall–Kier alpha value is -0.620. The average Bonchev–Trinajstić information content (AvgIpc) is 2.28. The monoisotopic (exact) mass is 333 g/mol. The van der Waals surface area contributed by atoms with Gasteiger partial charge in [0.15, 0.2) is 0 Å². The molecule has 0 heterocycles. The van der Waals surface area contributed by atoms with Crippen molar-refractivity contribution >= 4 is 28.5 Å². The number of benzene rings is 1. The van der Waals surface area contributed by atoms with Crippen LogP contribution in [0, 0.1) is 3.57 Å². The van der Waals surface area contributed by atoms with E-state index in [1.54, 1.807) is 12.0 Å². The molecule has 0 unspecified atom stereocenters. The number of methoxy groups -OCH3 is 1. The molecule has 1 amide bonds. The molecule has 0 saturated heterocycles. The molecule has 0 fully saturated rings. The first kappa shape index (κ1) is 13.4. The van der Waals surface area contributed by atoms with E-state index in [1.165, 1.54) is 0 Å². The van der Waals surface area contributed by atoms with Gasteiger partial charge in [0.2, 0.25) is 0 Å². The molecule has 3 nitrogen and oxygen atoms in total. The predicted octanol–water partition coefficient (Wildman–Crippen LogP) is 2.40. The maximum absolute atomic E-state index is 12.0. The number of ether oxygens (including phenoxy) is 1. The fourth-order valence-corrected chi connectivity index (χ4v) is 1.93. The third-order valence-electron chi connectivity index (χ3n) is 2.26. The van der Waals surface area contributed by atoms with E-state index in [4.69, 9.17) is 4.74 Å². The Labute approximate surface area is 110 Å². The van der Waals surface area contributed by atoms with Crippen molar-refractivity contribution in [2.75, 3.05) is 27.3 Å². The highest BCUT2D eigenvalue weighted by molar-refractivity contribution is 14.1. The Morgan fingerprint density at radius 2 is 2.25 bits per heavy atom. The predicted molar refractivity (Wildman–Crippen MR) is 72.6 cm³/mol. The Morgan fingerprint density at radius 1 is 1.50 bits per heavy atom. The van der Waals surface area contributed by atoms with Gasteiger partial charge in [-0.3, -0.25) is 4.79 Å². The van der Waals surface area contributed by atoms with Crippen LogP contribution in [0.25, 0.3) is 0 Å². The summed E-state index contributed by atoms with van der Waals surface area (Å²) in [4.78, 5) is 13.7. The van der Waals surface area contributed by atoms with Crippen LogP contribution in [-0.4, -0.2) is 38.1 Å². The van der Waals surface area contributed by atoms with Crippen molar-refractivity contribution in [1.82, 2.24) is 4.90 Å². The molecule has 0 aliphatic heterocycles. The summed E-state index contributed by atoms with van der Waals surface area (Å²) >= 11 is 2.21. The highest BCUT2D eigenvalue weighted by Gasteiger charge is 2.10. The molecule has 1 rings (SSSR count). The van der Waals surface area contributed by atoms with E-state index in [0.29, 0.717) is 6.61 Å². The van der Waals surface area contributed by atoms with E-state index in [9.17, 15) is 4.79 Å². The van der Waals surface area contributed by atoms with Crippen LogP contribution in [0.3, 0.4) is 0 Å². The van der Waals surface area contributed by atoms with Crippen LogP contribution >= 0.6 is 22.6 Å². The third-order valence-corrected chi connectivity index (χ3v) is 2.93. The molecule has 0 bridgehead atoms. The third kappa shape index (κ3) is 4.09. The number of halogens is 1. The van der Waals surface area contributed by atoms with E-state index in [-0.39, 0.29) is 5.91 Å². The van der Waals surface area contributed by atoms with Crippen LogP contribution in [0.15, 0.2) is 24.3 Å². The molecular weight excluding hydrogens is 317 g/mol. The van der Waals surface area contributed by atoms with Gasteiger partial charge < -0.3 is 9.64 Å². The lowest BCUT2D eigenvalue weighted by Crippen LogP contribution is -2.28. The van der Waals surface area contributed by atoms with Gasteiger partial charge in [0.1, 0.15) is 0 Å². The molecule has 0 spiro atoms. The highest BCUT2D eigenvalue weighted by atomic mass is 127. The van der Waals surface area contributed by atoms with Crippen LogP contribution in [-0.2, 0) is 4.74 Å². The quantitative estimate of drug-likeness (QED) is 0.612. The lowest BCUT2D eigenvalue weighted by molar-refractivity contribution is 0.0779. The maximum Gasteiger partial charge on any atom is 0.253 e. The van der Waals surface area contributed by atoms with Crippen molar-refractivity contribution in [3.05, 3.63) is 33.4 Å². The zero-order valence-electron chi connectivity index (χ0n) is 9.57. The van der Waals surface area contributed by atoms with E-state index >= 15 is 0 Å². The largest absolute Gasteiger partial charge is 0.385 e. The van der Waals surface area contributed by atoms with Crippen LogP contribution < -0.4 is 0 Å². The molecule has 0 radical (unpaired) electrons. The SMILES string of the molecule is COCCCN(C)C(=O)c1cccc(I)c1. The lowest BCUT2D eigenvalue weighted by atomic mass is 10.2. The number of amides is 1. The van der Waals surface area contributed by atoms with Crippen LogP contribution in [0.5, 0.6) is 0 Å². The number of hydrogen-bond acceptors (Lipinski definition) is 2. The van der Waals surface area contributed by atoms with Crippen molar-refractivity contribution in [3.63, 3.8) is 0 Å².